The monoisotopic (exact) mass is 317 g/mol. The second-order valence-electron chi connectivity index (χ2n) is 6.11. The Kier molecular flexibility index (Phi) is 3.49. The number of carbonyl (C=O) groups is 1. The summed E-state index contributed by atoms with van der Waals surface area (Å²) in [7, 11) is 0. The summed E-state index contributed by atoms with van der Waals surface area (Å²) in [6, 6.07) is 21.5. The largest absolute Gasteiger partial charge is 0.472 e. The summed E-state index contributed by atoms with van der Waals surface area (Å²) in [6.07, 6.45) is 3.40. The summed E-state index contributed by atoms with van der Waals surface area (Å²) in [4.78, 5) is 13.5. The van der Waals surface area contributed by atoms with Gasteiger partial charge in [-0.25, -0.2) is 0 Å². The molecule has 0 saturated heterocycles. The summed E-state index contributed by atoms with van der Waals surface area (Å²) in [5.41, 5.74) is 1.48. The molecular weight excluding hydrogens is 298 g/mol. The molecule has 3 nitrogen and oxygen atoms in total. The maximum absolute atomic E-state index is 13.5. The van der Waals surface area contributed by atoms with Crippen molar-refractivity contribution in [3.05, 3.63) is 84.2 Å². The first-order valence-corrected chi connectivity index (χ1v) is 8.32. The van der Waals surface area contributed by atoms with E-state index in [0.717, 1.165) is 23.4 Å². The highest BCUT2D eigenvalue weighted by Crippen LogP contribution is 2.41. The average molecular weight is 317 g/mol. The minimum Gasteiger partial charge on any atom is -0.472 e. The molecule has 1 atom stereocenters. The van der Waals surface area contributed by atoms with Gasteiger partial charge in [0, 0.05) is 11.8 Å². The standard InChI is InChI=1S/C21H19NO2/c1-2-14-21(16-9-4-3-5-10-16)20(23)18-12-8-15-22(18)17-11-6-7-13-19(17)24-21/h3-13,15H,2,14H2,1H3/t21-/m1/s1. The zero-order chi connectivity index (χ0) is 16.6. The van der Waals surface area contributed by atoms with Gasteiger partial charge in [0.15, 0.2) is 5.60 Å². The quantitative estimate of drug-likeness (QED) is 0.698. The minimum atomic E-state index is -0.987. The molecule has 0 N–H and O–H groups in total. The van der Waals surface area contributed by atoms with Crippen LogP contribution in [0.15, 0.2) is 72.9 Å². The molecule has 0 fully saturated rings. The first-order valence-electron chi connectivity index (χ1n) is 8.32. The molecule has 3 heteroatoms. The van der Waals surface area contributed by atoms with E-state index in [0.29, 0.717) is 12.1 Å². The number of ether oxygens (including phenoxy) is 1. The lowest BCUT2D eigenvalue weighted by molar-refractivity contribution is 0.0398. The lowest BCUT2D eigenvalue weighted by Gasteiger charge is -2.32. The fourth-order valence-electron chi connectivity index (χ4n) is 3.52. The van der Waals surface area contributed by atoms with Gasteiger partial charge in [0.05, 0.1) is 11.4 Å². The Morgan fingerprint density at radius 1 is 0.958 bits per heavy atom. The smallest absolute Gasteiger partial charge is 0.227 e. The molecule has 120 valence electrons. The third-order valence-corrected chi connectivity index (χ3v) is 4.60. The maximum Gasteiger partial charge on any atom is 0.227 e. The van der Waals surface area contributed by atoms with Crippen LogP contribution in [-0.2, 0) is 5.60 Å². The second-order valence-corrected chi connectivity index (χ2v) is 6.11. The van der Waals surface area contributed by atoms with Crippen molar-refractivity contribution in [3.63, 3.8) is 0 Å². The van der Waals surface area contributed by atoms with E-state index < -0.39 is 5.60 Å². The van der Waals surface area contributed by atoms with Crippen molar-refractivity contribution >= 4 is 5.78 Å². The van der Waals surface area contributed by atoms with E-state index in [-0.39, 0.29) is 5.78 Å². The molecule has 0 amide bonds. The van der Waals surface area contributed by atoms with E-state index >= 15 is 0 Å². The first-order chi connectivity index (χ1) is 11.8. The number of benzene rings is 2. The number of rotatable bonds is 3. The molecule has 3 aromatic rings. The van der Waals surface area contributed by atoms with E-state index in [1.807, 2.05) is 77.5 Å². The number of fused-ring (bicyclic) bond motifs is 3. The van der Waals surface area contributed by atoms with Crippen molar-refractivity contribution in [1.82, 2.24) is 4.57 Å². The van der Waals surface area contributed by atoms with Crippen molar-refractivity contribution in [1.29, 1.82) is 0 Å². The molecule has 0 bridgehead atoms. The number of nitrogens with zero attached hydrogens (tertiary/aromatic N) is 1. The van der Waals surface area contributed by atoms with Crippen molar-refractivity contribution in [3.8, 4) is 11.4 Å². The molecule has 2 heterocycles. The van der Waals surface area contributed by atoms with Gasteiger partial charge in [0.1, 0.15) is 5.75 Å². The lowest BCUT2D eigenvalue weighted by Crippen LogP contribution is -2.41. The van der Waals surface area contributed by atoms with E-state index in [9.17, 15) is 4.79 Å². The molecule has 0 unspecified atom stereocenters. The molecule has 24 heavy (non-hydrogen) atoms. The minimum absolute atomic E-state index is 0.0109. The summed E-state index contributed by atoms with van der Waals surface area (Å²) in [5, 5.41) is 0. The van der Waals surface area contributed by atoms with Crippen molar-refractivity contribution in [2.75, 3.05) is 0 Å². The van der Waals surface area contributed by atoms with Crippen LogP contribution in [0.4, 0.5) is 0 Å². The fourth-order valence-corrected chi connectivity index (χ4v) is 3.52. The van der Waals surface area contributed by atoms with Crippen LogP contribution in [-0.4, -0.2) is 10.4 Å². The summed E-state index contributed by atoms with van der Waals surface area (Å²) in [6.45, 7) is 2.08. The van der Waals surface area contributed by atoms with Crippen LogP contribution in [0.5, 0.6) is 5.75 Å². The highest BCUT2D eigenvalue weighted by atomic mass is 16.5. The van der Waals surface area contributed by atoms with Crippen LogP contribution in [0.3, 0.4) is 0 Å². The van der Waals surface area contributed by atoms with Crippen molar-refractivity contribution in [2.45, 2.75) is 25.4 Å². The zero-order valence-electron chi connectivity index (χ0n) is 13.6. The number of ketones is 1. The van der Waals surface area contributed by atoms with Gasteiger partial charge < -0.3 is 9.30 Å². The number of aromatic nitrogens is 1. The number of hydrogen-bond acceptors (Lipinski definition) is 2. The van der Waals surface area contributed by atoms with Gasteiger partial charge in [0.2, 0.25) is 5.78 Å². The lowest BCUT2D eigenvalue weighted by atomic mass is 9.83. The molecule has 0 aliphatic carbocycles. The molecule has 4 rings (SSSR count). The predicted octanol–water partition coefficient (Wildman–Crippen LogP) is 4.75. The molecule has 1 aromatic heterocycles. The number of carbonyl (C=O) groups excluding carboxylic acids is 1. The Morgan fingerprint density at radius 3 is 2.50 bits per heavy atom. The van der Waals surface area contributed by atoms with Crippen molar-refractivity contribution < 1.29 is 9.53 Å². The Labute approximate surface area is 141 Å². The molecule has 1 aliphatic rings. The van der Waals surface area contributed by atoms with E-state index in [4.69, 9.17) is 4.74 Å². The van der Waals surface area contributed by atoms with Gasteiger partial charge >= 0.3 is 0 Å². The number of hydrogen-bond donors (Lipinski definition) is 0. The van der Waals surface area contributed by atoms with Gasteiger partial charge in [-0.15, -0.1) is 0 Å². The van der Waals surface area contributed by atoms with Crippen LogP contribution in [0.25, 0.3) is 5.69 Å². The highest BCUT2D eigenvalue weighted by Gasteiger charge is 2.45. The van der Waals surface area contributed by atoms with Crippen molar-refractivity contribution in [2.24, 2.45) is 0 Å². The highest BCUT2D eigenvalue weighted by molar-refractivity contribution is 6.03. The molecule has 2 aromatic carbocycles. The summed E-state index contributed by atoms with van der Waals surface area (Å²) < 4.78 is 8.38. The van der Waals surface area contributed by atoms with Crippen LogP contribution >= 0.6 is 0 Å². The topological polar surface area (TPSA) is 31.2 Å². The van der Waals surface area contributed by atoms with Gasteiger partial charge in [-0.1, -0.05) is 55.8 Å². The van der Waals surface area contributed by atoms with Crippen LogP contribution in [0, 0.1) is 0 Å². The van der Waals surface area contributed by atoms with Gasteiger partial charge in [-0.05, 0) is 30.7 Å². The number of Topliss-reactive ketones (excluding diaryl/α,β-unsaturated/α-hetero) is 1. The van der Waals surface area contributed by atoms with E-state index in [1.165, 1.54) is 0 Å². The fraction of sp³-hybridized carbons (Fsp3) is 0.190. The van der Waals surface area contributed by atoms with Gasteiger partial charge in [-0.2, -0.15) is 0 Å². The molecule has 0 spiro atoms. The normalized spacial score (nSPS) is 19.1. The maximum atomic E-state index is 13.5. The third-order valence-electron chi connectivity index (χ3n) is 4.60. The number of para-hydroxylation sites is 2. The van der Waals surface area contributed by atoms with Gasteiger partial charge in [-0.3, -0.25) is 4.79 Å². The second kappa shape index (κ2) is 5.68. The predicted molar refractivity (Wildman–Crippen MR) is 93.8 cm³/mol. The van der Waals surface area contributed by atoms with Crippen LogP contribution < -0.4 is 4.74 Å². The zero-order valence-corrected chi connectivity index (χ0v) is 13.6. The van der Waals surface area contributed by atoms with E-state index in [2.05, 4.69) is 6.92 Å². The molecule has 1 aliphatic heterocycles. The molecule has 0 radical (unpaired) electrons. The third kappa shape index (κ3) is 2.08. The Morgan fingerprint density at radius 2 is 1.71 bits per heavy atom. The molecular formula is C21H19NO2. The Balaban J connectivity index is 2.01. The van der Waals surface area contributed by atoms with Crippen LogP contribution in [0.2, 0.25) is 0 Å². The van der Waals surface area contributed by atoms with Crippen LogP contribution in [0.1, 0.15) is 35.8 Å². The first kappa shape index (κ1) is 14.8. The van der Waals surface area contributed by atoms with Gasteiger partial charge in [0.25, 0.3) is 0 Å². The Hall–Kier alpha value is -2.81. The summed E-state index contributed by atoms with van der Waals surface area (Å²) >= 11 is 0. The van der Waals surface area contributed by atoms with E-state index in [1.54, 1.807) is 0 Å². The molecule has 0 saturated carbocycles. The Bertz CT molecular complexity index is 882. The average Bonchev–Trinajstić information content (AvgIpc) is 3.08. The SMILES string of the molecule is CCC[C@]1(c2ccccc2)Oc2ccccc2-n2cccc2C1=O. The summed E-state index contributed by atoms with van der Waals surface area (Å²) in [5.74, 6) is 0.745.